The molecule has 0 amide bonds. The second-order valence-corrected chi connectivity index (χ2v) is 7.53. The standard InChI is InChI=1S/C18H40OSi/c1-2-3-4-5-6-7-8-9-10-11-12-13-14-15-16-17-18-20-19/h19H,2-18,20H2,1H3. The molecule has 0 aromatic carbocycles. The monoisotopic (exact) mass is 300 g/mol. The molecular weight excluding hydrogens is 260 g/mol. The van der Waals surface area contributed by atoms with Gasteiger partial charge in [0.15, 0.2) is 9.76 Å². The summed E-state index contributed by atoms with van der Waals surface area (Å²) in [5.74, 6) is 0. The summed E-state index contributed by atoms with van der Waals surface area (Å²) in [4.78, 5) is 8.82. The van der Waals surface area contributed by atoms with Gasteiger partial charge in [0, 0.05) is 0 Å². The summed E-state index contributed by atoms with van der Waals surface area (Å²) < 4.78 is 0. The summed E-state index contributed by atoms with van der Waals surface area (Å²) in [5, 5.41) is 0. The maximum absolute atomic E-state index is 8.82. The van der Waals surface area contributed by atoms with Crippen LogP contribution in [-0.4, -0.2) is 14.6 Å². The summed E-state index contributed by atoms with van der Waals surface area (Å²) >= 11 is 0. The van der Waals surface area contributed by atoms with E-state index >= 15 is 0 Å². The van der Waals surface area contributed by atoms with E-state index in [1.54, 1.807) is 0 Å². The van der Waals surface area contributed by atoms with Crippen molar-refractivity contribution in [3.63, 3.8) is 0 Å². The molecule has 1 N–H and O–H groups in total. The molecule has 20 heavy (non-hydrogen) atoms. The second-order valence-electron chi connectivity index (χ2n) is 6.38. The molecule has 1 nitrogen and oxygen atoms in total. The third-order valence-corrected chi connectivity index (χ3v) is 5.08. The van der Waals surface area contributed by atoms with E-state index in [1.807, 2.05) is 0 Å². The van der Waals surface area contributed by atoms with Gasteiger partial charge < -0.3 is 4.80 Å². The molecule has 0 rings (SSSR count). The normalized spacial score (nSPS) is 11.7. The third-order valence-electron chi connectivity index (χ3n) is 4.26. The van der Waals surface area contributed by atoms with Crippen LogP contribution in [0.5, 0.6) is 0 Å². The highest BCUT2D eigenvalue weighted by molar-refractivity contribution is 6.25. The Balaban J connectivity index is 2.89. The molecule has 0 saturated carbocycles. The highest BCUT2D eigenvalue weighted by Gasteiger charge is 1.94. The van der Waals surface area contributed by atoms with Gasteiger partial charge in [-0.3, -0.25) is 0 Å². The fourth-order valence-electron chi connectivity index (χ4n) is 2.84. The van der Waals surface area contributed by atoms with E-state index < -0.39 is 9.76 Å². The lowest BCUT2D eigenvalue weighted by atomic mass is 10.0. The fourth-order valence-corrected chi connectivity index (χ4v) is 3.41. The van der Waals surface area contributed by atoms with E-state index in [0.717, 1.165) is 6.04 Å². The summed E-state index contributed by atoms with van der Waals surface area (Å²) in [6.07, 6.45) is 22.8. The first-order valence-electron chi connectivity index (χ1n) is 9.52. The van der Waals surface area contributed by atoms with Crippen LogP contribution >= 0.6 is 0 Å². The Hall–Kier alpha value is 0.177. The Morgan fingerprint density at radius 3 is 1.10 bits per heavy atom. The van der Waals surface area contributed by atoms with Crippen LogP contribution in [-0.2, 0) is 0 Å². The fraction of sp³-hybridized carbons (Fsp3) is 1.00. The molecule has 0 aliphatic carbocycles. The molecule has 0 aliphatic rings. The molecule has 0 bridgehead atoms. The van der Waals surface area contributed by atoms with Crippen molar-refractivity contribution in [1.29, 1.82) is 0 Å². The van der Waals surface area contributed by atoms with Crippen LogP contribution in [0.15, 0.2) is 0 Å². The molecule has 0 saturated heterocycles. The first-order chi connectivity index (χ1) is 9.91. The van der Waals surface area contributed by atoms with Gasteiger partial charge in [0.25, 0.3) is 0 Å². The van der Waals surface area contributed by atoms with Crippen molar-refractivity contribution in [3.05, 3.63) is 0 Å². The molecule has 0 heterocycles. The smallest absolute Gasteiger partial charge is 0.156 e. The van der Waals surface area contributed by atoms with Crippen molar-refractivity contribution >= 4 is 9.76 Å². The highest BCUT2D eigenvalue weighted by atomic mass is 28.2. The summed E-state index contributed by atoms with van der Waals surface area (Å²) in [7, 11) is -0.651. The van der Waals surface area contributed by atoms with Crippen molar-refractivity contribution in [3.8, 4) is 0 Å². The number of hydrogen-bond acceptors (Lipinski definition) is 1. The molecule has 0 aromatic heterocycles. The van der Waals surface area contributed by atoms with E-state index in [9.17, 15) is 0 Å². The molecule has 0 fully saturated rings. The van der Waals surface area contributed by atoms with Gasteiger partial charge in [0.1, 0.15) is 0 Å². The van der Waals surface area contributed by atoms with Gasteiger partial charge in [-0.05, 0) is 6.04 Å². The van der Waals surface area contributed by atoms with Crippen LogP contribution in [0.25, 0.3) is 0 Å². The highest BCUT2D eigenvalue weighted by Crippen LogP contribution is 2.13. The van der Waals surface area contributed by atoms with Crippen molar-refractivity contribution in [2.45, 2.75) is 116 Å². The Labute approximate surface area is 130 Å². The largest absolute Gasteiger partial charge is 0.438 e. The predicted molar refractivity (Wildman–Crippen MR) is 95.1 cm³/mol. The van der Waals surface area contributed by atoms with E-state index in [0.29, 0.717) is 0 Å². The van der Waals surface area contributed by atoms with Crippen LogP contribution in [0.2, 0.25) is 6.04 Å². The first kappa shape index (κ1) is 20.2. The second kappa shape index (κ2) is 19.2. The summed E-state index contributed by atoms with van der Waals surface area (Å²) in [6, 6.07) is 1.14. The van der Waals surface area contributed by atoms with Gasteiger partial charge in [-0.25, -0.2) is 0 Å². The minimum Gasteiger partial charge on any atom is -0.438 e. The molecule has 0 atom stereocenters. The molecule has 0 radical (unpaired) electrons. The number of hydrogen-bond donors (Lipinski definition) is 1. The minimum atomic E-state index is -0.651. The summed E-state index contributed by atoms with van der Waals surface area (Å²) in [6.45, 7) is 2.29. The predicted octanol–water partition coefficient (Wildman–Crippen LogP) is 5.74. The zero-order valence-electron chi connectivity index (χ0n) is 14.2. The summed E-state index contributed by atoms with van der Waals surface area (Å²) in [5.41, 5.74) is 0. The van der Waals surface area contributed by atoms with Gasteiger partial charge in [0.2, 0.25) is 0 Å². The minimum absolute atomic E-state index is 0.651. The van der Waals surface area contributed by atoms with Crippen LogP contribution in [0.4, 0.5) is 0 Å². The Kier molecular flexibility index (Phi) is 19.3. The average molecular weight is 301 g/mol. The molecule has 0 aliphatic heterocycles. The van der Waals surface area contributed by atoms with Gasteiger partial charge >= 0.3 is 0 Å². The van der Waals surface area contributed by atoms with E-state index in [2.05, 4.69) is 6.92 Å². The zero-order valence-corrected chi connectivity index (χ0v) is 15.6. The van der Waals surface area contributed by atoms with Crippen LogP contribution < -0.4 is 0 Å². The van der Waals surface area contributed by atoms with Crippen molar-refractivity contribution in [1.82, 2.24) is 0 Å². The van der Waals surface area contributed by atoms with Gasteiger partial charge in [-0.15, -0.1) is 0 Å². The van der Waals surface area contributed by atoms with Crippen molar-refractivity contribution in [2.24, 2.45) is 0 Å². The molecule has 2 heteroatoms. The Bertz CT molecular complexity index is 143. The Morgan fingerprint density at radius 1 is 0.500 bits per heavy atom. The lowest BCUT2D eigenvalue weighted by molar-refractivity contribution is 0.530. The topological polar surface area (TPSA) is 20.2 Å². The molecule has 122 valence electrons. The number of rotatable bonds is 17. The zero-order chi connectivity index (χ0) is 14.7. The van der Waals surface area contributed by atoms with E-state index in [4.69, 9.17) is 4.80 Å². The molecule has 0 unspecified atom stereocenters. The van der Waals surface area contributed by atoms with E-state index in [1.165, 1.54) is 103 Å². The van der Waals surface area contributed by atoms with Crippen molar-refractivity contribution < 1.29 is 4.80 Å². The molecule has 0 spiro atoms. The number of unbranched alkanes of at least 4 members (excludes halogenated alkanes) is 15. The van der Waals surface area contributed by atoms with E-state index in [-0.39, 0.29) is 0 Å². The Morgan fingerprint density at radius 2 is 0.800 bits per heavy atom. The van der Waals surface area contributed by atoms with Gasteiger partial charge in [-0.1, -0.05) is 110 Å². The van der Waals surface area contributed by atoms with Gasteiger partial charge in [0.05, 0.1) is 0 Å². The third kappa shape index (κ3) is 18.2. The lowest BCUT2D eigenvalue weighted by Gasteiger charge is -2.03. The van der Waals surface area contributed by atoms with Crippen LogP contribution in [0, 0.1) is 0 Å². The van der Waals surface area contributed by atoms with Crippen LogP contribution in [0.3, 0.4) is 0 Å². The average Bonchev–Trinajstić information content (AvgIpc) is 2.47. The van der Waals surface area contributed by atoms with Gasteiger partial charge in [-0.2, -0.15) is 0 Å². The SMILES string of the molecule is CCCCCCCCCCCCCCCCCC[SiH2]O. The molecule has 0 aromatic rings. The molecular formula is C18H40OSi. The lowest BCUT2D eigenvalue weighted by Crippen LogP contribution is -1.86. The first-order valence-corrected chi connectivity index (χ1v) is 11.2. The maximum atomic E-state index is 8.82. The maximum Gasteiger partial charge on any atom is 0.156 e. The quantitative estimate of drug-likeness (QED) is 0.268. The van der Waals surface area contributed by atoms with Crippen molar-refractivity contribution in [2.75, 3.05) is 0 Å². The van der Waals surface area contributed by atoms with Crippen LogP contribution in [0.1, 0.15) is 110 Å².